The zero-order chi connectivity index (χ0) is 18.3. The van der Waals surface area contributed by atoms with Crippen molar-refractivity contribution in [3.05, 3.63) is 0 Å². The maximum Gasteiger partial charge on any atom is 0.501 e. The molecule has 0 N–H and O–H groups in total. The summed E-state index contributed by atoms with van der Waals surface area (Å²) in [5.41, 5.74) is -0.156. The van der Waals surface area contributed by atoms with Crippen molar-refractivity contribution in [3.63, 3.8) is 0 Å². The van der Waals surface area contributed by atoms with Crippen LogP contribution in [0.25, 0.3) is 0 Å². The van der Waals surface area contributed by atoms with Gasteiger partial charge in [0, 0.05) is 19.3 Å². The van der Waals surface area contributed by atoms with E-state index in [9.17, 15) is 0 Å². The summed E-state index contributed by atoms with van der Waals surface area (Å²) in [6, 6.07) is 0.933. The third kappa shape index (κ3) is 5.77. The van der Waals surface area contributed by atoms with Crippen molar-refractivity contribution in [3.8, 4) is 0 Å². The lowest BCUT2D eigenvalue weighted by Crippen LogP contribution is -2.55. The molecule has 4 unspecified atom stereocenters. The molecule has 2 rings (SSSR count). The molecular weight excluding hydrogens is 332 g/mol. The first kappa shape index (κ1) is 21.4. The molecule has 1 saturated heterocycles. The van der Waals surface area contributed by atoms with Gasteiger partial charge < -0.3 is 18.0 Å². The van der Waals surface area contributed by atoms with Crippen LogP contribution in [0.1, 0.15) is 86.0 Å². The lowest BCUT2D eigenvalue weighted by atomic mass is 9.75. The molecule has 4 nitrogen and oxygen atoms in total. The van der Waals surface area contributed by atoms with E-state index in [4.69, 9.17) is 18.0 Å². The predicted molar refractivity (Wildman–Crippen MR) is 104 cm³/mol. The van der Waals surface area contributed by atoms with Crippen LogP contribution in [-0.4, -0.2) is 39.8 Å². The van der Waals surface area contributed by atoms with E-state index >= 15 is 0 Å². The fourth-order valence-corrected chi connectivity index (χ4v) is 7.55. The number of hydrogen-bond acceptors (Lipinski definition) is 4. The maximum atomic E-state index is 6.96. The molecule has 2 fully saturated rings. The van der Waals surface area contributed by atoms with Crippen LogP contribution >= 0.6 is 0 Å². The quantitative estimate of drug-likeness (QED) is 0.323. The van der Waals surface area contributed by atoms with Gasteiger partial charge in [-0.2, -0.15) is 0 Å². The van der Waals surface area contributed by atoms with Gasteiger partial charge in [0.15, 0.2) is 0 Å². The minimum Gasteiger partial charge on any atom is -0.374 e. The number of rotatable bonds is 13. The lowest BCUT2D eigenvalue weighted by molar-refractivity contribution is -0.0668. The Hall–Kier alpha value is 0.0569. The van der Waals surface area contributed by atoms with Gasteiger partial charge in [0.05, 0.1) is 17.8 Å². The molecule has 0 radical (unpaired) electrons. The number of epoxide rings is 1. The van der Waals surface area contributed by atoms with E-state index in [0.717, 1.165) is 31.7 Å². The van der Waals surface area contributed by atoms with Crippen LogP contribution in [0.15, 0.2) is 0 Å². The van der Waals surface area contributed by atoms with Gasteiger partial charge in [0.2, 0.25) is 0 Å². The molecule has 0 amide bonds. The Labute approximate surface area is 156 Å². The topological polar surface area (TPSA) is 40.2 Å². The van der Waals surface area contributed by atoms with Crippen molar-refractivity contribution >= 4 is 8.80 Å². The van der Waals surface area contributed by atoms with Gasteiger partial charge in [-0.3, -0.25) is 0 Å². The average Bonchev–Trinajstić information content (AvgIpc) is 3.37. The summed E-state index contributed by atoms with van der Waals surface area (Å²) in [7, 11) is -2.64. The van der Waals surface area contributed by atoms with Crippen LogP contribution in [0, 0.1) is 5.92 Å². The fraction of sp³-hybridized carbons (Fsp3) is 1.00. The molecule has 0 spiro atoms. The molecule has 1 saturated carbocycles. The molecule has 0 aromatic rings. The second kappa shape index (κ2) is 9.84. The first-order chi connectivity index (χ1) is 12.0. The van der Waals surface area contributed by atoms with Crippen LogP contribution < -0.4 is 0 Å². The minimum atomic E-state index is -2.64. The van der Waals surface area contributed by atoms with E-state index in [0.29, 0.717) is 31.3 Å². The van der Waals surface area contributed by atoms with Crippen LogP contribution in [-0.2, 0) is 18.0 Å². The molecule has 4 atom stereocenters. The highest BCUT2D eigenvalue weighted by Crippen LogP contribution is 2.47. The molecule has 25 heavy (non-hydrogen) atoms. The zero-order valence-electron chi connectivity index (χ0n) is 17.1. The Morgan fingerprint density at radius 3 is 2.20 bits per heavy atom. The third-order valence-corrected chi connectivity index (χ3v) is 9.05. The van der Waals surface area contributed by atoms with Gasteiger partial charge in [-0.05, 0) is 58.8 Å². The number of unbranched alkanes of at least 4 members (excludes halogenated alkanes) is 2. The van der Waals surface area contributed by atoms with E-state index in [2.05, 4.69) is 34.6 Å². The molecule has 5 heteroatoms. The van der Waals surface area contributed by atoms with Crippen LogP contribution in [0.5, 0.6) is 0 Å². The molecular formula is C20H40O4Si. The summed E-state index contributed by atoms with van der Waals surface area (Å²) in [6.07, 6.45) is 10.3. The van der Waals surface area contributed by atoms with Crippen molar-refractivity contribution in [1.29, 1.82) is 0 Å². The normalized spacial score (nSPS) is 28.4. The Kier molecular flexibility index (Phi) is 8.40. The second-order valence-electron chi connectivity index (χ2n) is 7.89. The summed E-state index contributed by atoms with van der Waals surface area (Å²) in [5.74, 6) is 0.553. The molecule has 0 aromatic heterocycles. The Balaban J connectivity index is 2.16. The molecule has 148 valence electrons. The number of hydrogen-bond donors (Lipinski definition) is 0. The van der Waals surface area contributed by atoms with Gasteiger partial charge in [-0.1, -0.05) is 33.1 Å². The smallest absolute Gasteiger partial charge is 0.374 e. The summed E-state index contributed by atoms with van der Waals surface area (Å²) in [4.78, 5) is 0. The SMILES string of the molecule is CCCCC(C)(O[Si](CCCC)(OCC)OCC)C1CCC2OC2C1. The van der Waals surface area contributed by atoms with Gasteiger partial charge in [-0.25, -0.2) is 0 Å². The predicted octanol–water partition coefficient (Wildman–Crippen LogP) is 5.33. The Morgan fingerprint density at radius 1 is 0.960 bits per heavy atom. The highest BCUT2D eigenvalue weighted by molar-refractivity contribution is 6.60. The van der Waals surface area contributed by atoms with E-state index in [1.807, 2.05) is 0 Å². The number of ether oxygens (including phenoxy) is 1. The minimum absolute atomic E-state index is 0.156. The first-order valence-corrected chi connectivity index (χ1v) is 12.6. The molecule has 1 aliphatic heterocycles. The molecule has 0 aromatic carbocycles. The first-order valence-electron chi connectivity index (χ1n) is 10.7. The molecule has 1 aliphatic carbocycles. The van der Waals surface area contributed by atoms with Crippen molar-refractivity contribution < 1.29 is 18.0 Å². The monoisotopic (exact) mass is 372 g/mol. The molecule has 0 bridgehead atoms. The summed E-state index contributed by atoms with van der Waals surface area (Å²) in [5, 5.41) is 0. The summed E-state index contributed by atoms with van der Waals surface area (Å²) in [6.45, 7) is 12.2. The highest BCUT2D eigenvalue weighted by Gasteiger charge is 2.53. The highest BCUT2D eigenvalue weighted by atomic mass is 28.4. The second-order valence-corrected chi connectivity index (χ2v) is 10.5. The Bertz CT molecular complexity index is 386. The van der Waals surface area contributed by atoms with Crippen LogP contribution in [0.2, 0.25) is 6.04 Å². The Morgan fingerprint density at radius 2 is 1.64 bits per heavy atom. The lowest BCUT2D eigenvalue weighted by Gasteiger charge is -2.45. The average molecular weight is 373 g/mol. The standard InChI is InChI=1S/C20H40O4Si/c1-6-10-14-20(5,17-12-13-18-19(16-17)23-18)24-25(21-8-3,22-9-4)15-11-7-2/h17-19H,6-16H2,1-5H3. The van der Waals surface area contributed by atoms with Gasteiger partial charge in [0.25, 0.3) is 0 Å². The van der Waals surface area contributed by atoms with Crippen molar-refractivity contribution in [2.24, 2.45) is 5.92 Å². The number of fused-ring (bicyclic) bond motifs is 1. The summed E-state index contributed by atoms with van der Waals surface area (Å²) >= 11 is 0. The van der Waals surface area contributed by atoms with E-state index < -0.39 is 8.80 Å². The largest absolute Gasteiger partial charge is 0.501 e. The maximum absolute atomic E-state index is 6.96. The zero-order valence-corrected chi connectivity index (χ0v) is 18.1. The van der Waals surface area contributed by atoms with Crippen molar-refractivity contribution in [2.45, 2.75) is 110 Å². The third-order valence-electron chi connectivity index (χ3n) is 5.85. The fourth-order valence-electron chi connectivity index (χ4n) is 4.31. The van der Waals surface area contributed by atoms with Gasteiger partial charge >= 0.3 is 8.80 Å². The van der Waals surface area contributed by atoms with Crippen LogP contribution in [0.3, 0.4) is 0 Å². The van der Waals surface area contributed by atoms with Gasteiger partial charge in [-0.15, -0.1) is 0 Å². The molecule has 1 heterocycles. The van der Waals surface area contributed by atoms with Crippen molar-refractivity contribution in [1.82, 2.24) is 0 Å². The van der Waals surface area contributed by atoms with E-state index in [1.54, 1.807) is 0 Å². The molecule has 2 aliphatic rings. The summed E-state index contributed by atoms with van der Waals surface area (Å²) < 4.78 is 25.2. The van der Waals surface area contributed by atoms with E-state index in [1.165, 1.54) is 25.7 Å². The van der Waals surface area contributed by atoms with Crippen molar-refractivity contribution in [2.75, 3.05) is 13.2 Å². The van der Waals surface area contributed by atoms with Crippen LogP contribution in [0.4, 0.5) is 0 Å². The van der Waals surface area contributed by atoms with E-state index in [-0.39, 0.29) is 5.60 Å². The van der Waals surface area contributed by atoms with Gasteiger partial charge in [0.1, 0.15) is 0 Å².